The molecule has 0 radical (unpaired) electrons. The minimum Gasteiger partial charge on any atom is -0.396 e. The highest BCUT2D eigenvalue weighted by molar-refractivity contribution is 6.01. The van der Waals surface area contributed by atoms with Gasteiger partial charge in [0.25, 0.3) is 5.91 Å². The molecule has 0 spiro atoms. The van der Waals surface area contributed by atoms with Crippen LogP contribution in [-0.4, -0.2) is 36.1 Å². The van der Waals surface area contributed by atoms with Gasteiger partial charge >= 0.3 is 0 Å². The van der Waals surface area contributed by atoms with Gasteiger partial charge in [0, 0.05) is 17.3 Å². The number of fused-ring (bicyclic) bond motifs is 1. The molecule has 9 heteroatoms. The van der Waals surface area contributed by atoms with Crippen molar-refractivity contribution in [3.8, 4) is 22.5 Å². The van der Waals surface area contributed by atoms with Gasteiger partial charge in [-0.3, -0.25) is 4.79 Å². The Bertz CT molecular complexity index is 1030. The quantitative estimate of drug-likeness (QED) is 0.511. The first-order valence-corrected chi connectivity index (χ1v) is 7.04. The van der Waals surface area contributed by atoms with Crippen LogP contribution in [0, 0.1) is 0 Å². The zero-order valence-electron chi connectivity index (χ0n) is 12.3. The van der Waals surface area contributed by atoms with Gasteiger partial charge < -0.3 is 11.5 Å². The average Bonchev–Trinajstić information content (AvgIpc) is 3.25. The Morgan fingerprint density at radius 3 is 2.54 bits per heavy atom. The topological polar surface area (TPSA) is 141 Å². The van der Waals surface area contributed by atoms with Crippen molar-refractivity contribution in [2.24, 2.45) is 5.73 Å². The van der Waals surface area contributed by atoms with Gasteiger partial charge in [-0.2, -0.15) is 10.3 Å². The maximum Gasteiger partial charge on any atom is 0.252 e. The molecule has 3 heterocycles. The zero-order chi connectivity index (χ0) is 16.7. The monoisotopic (exact) mass is 320 g/mol. The molecule has 1 amide bonds. The number of amides is 1. The molecule has 24 heavy (non-hydrogen) atoms. The van der Waals surface area contributed by atoms with Crippen LogP contribution in [0.4, 0.5) is 5.69 Å². The normalized spacial score (nSPS) is 11.0. The van der Waals surface area contributed by atoms with E-state index in [1.54, 1.807) is 4.52 Å². The van der Waals surface area contributed by atoms with E-state index in [-0.39, 0.29) is 5.56 Å². The smallest absolute Gasteiger partial charge is 0.252 e. The Morgan fingerprint density at radius 1 is 1.12 bits per heavy atom. The number of hydrogen-bond acceptors (Lipinski definition) is 6. The Morgan fingerprint density at radius 2 is 1.88 bits per heavy atom. The van der Waals surface area contributed by atoms with Crippen LogP contribution >= 0.6 is 0 Å². The van der Waals surface area contributed by atoms with Crippen LogP contribution in [0.1, 0.15) is 10.4 Å². The molecule has 9 nitrogen and oxygen atoms in total. The average molecular weight is 320 g/mol. The molecular weight excluding hydrogens is 308 g/mol. The lowest BCUT2D eigenvalue weighted by Gasteiger charge is -2.02. The Hall–Kier alpha value is -3.75. The molecule has 0 bridgehead atoms. The number of carbonyl (C=O) groups excluding carboxylic acids is 1. The van der Waals surface area contributed by atoms with Crippen LogP contribution in [0.5, 0.6) is 0 Å². The lowest BCUT2D eigenvalue weighted by molar-refractivity contribution is 0.100. The van der Waals surface area contributed by atoms with Crippen molar-refractivity contribution in [2.75, 3.05) is 5.73 Å². The van der Waals surface area contributed by atoms with Crippen molar-refractivity contribution in [1.29, 1.82) is 0 Å². The number of anilines is 1. The van der Waals surface area contributed by atoms with Gasteiger partial charge in [0.2, 0.25) is 5.82 Å². The highest BCUT2D eigenvalue weighted by Gasteiger charge is 2.13. The fourth-order valence-corrected chi connectivity index (χ4v) is 2.53. The molecule has 5 N–H and O–H groups in total. The molecule has 4 rings (SSSR count). The zero-order valence-corrected chi connectivity index (χ0v) is 12.3. The largest absolute Gasteiger partial charge is 0.396 e. The van der Waals surface area contributed by atoms with Crippen molar-refractivity contribution in [1.82, 2.24) is 30.2 Å². The Labute approximate surface area is 135 Å². The highest BCUT2D eigenvalue weighted by Crippen LogP contribution is 2.27. The van der Waals surface area contributed by atoms with E-state index in [1.807, 2.05) is 36.5 Å². The van der Waals surface area contributed by atoms with Crippen molar-refractivity contribution in [2.45, 2.75) is 0 Å². The molecule has 0 aliphatic rings. The summed E-state index contributed by atoms with van der Waals surface area (Å²) in [4.78, 5) is 11.4. The third-order valence-electron chi connectivity index (χ3n) is 3.77. The number of hydrogen-bond donors (Lipinski definition) is 3. The van der Waals surface area contributed by atoms with Crippen molar-refractivity contribution in [3.63, 3.8) is 0 Å². The van der Waals surface area contributed by atoms with Gasteiger partial charge in [-0.1, -0.05) is 24.3 Å². The predicted molar refractivity (Wildman–Crippen MR) is 86.7 cm³/mol. The number of nitrogens with two attached hydrogens (primary N) is 2. The number of tetrazole rings is 1. The van der Waals surface area contributed by atoms with Gasteiger partial charge in [-0.05, 0) is 16.8 Å². The summed E-state index contributed by atoms with van der Waals surface area (Å²) in [5.74, 6) is -0.0738. The molecule has 0 unspecified atom stereocenters. The van der Waals surface area contributed by atoms with E-state index >= 15 is 0 Å². The fourth-order valence-electron chi connectivity index (χ4n) is 2.53. The third-order valence-corrected chi connectivity index (χ3v) is 3.77. The number of carbonyl (C=O) groups is 1. The number of rotatable bonds is 3. The summed E-state index contributed by atoms with van der Waals surface area (Å²) in [6.45, 7) is 0. The molecule has 0 saturated carbocycles. The van der Waals surface area contributed by atoms with E-state index < -0.39 is 5.91 Å². The standard InChI is InChI=1S/C15H12N8O/c16-13-11(14(17)24)6-18-23-7-10(5-12(13)23)8-1-3-9(4-2-8)15-19-21-22-20-15/h1-7H,16H2,(H2,17,24)(H,19,20,21,22). The SMILES string of the molecule is NC(=O)c1cnn2cc(-c3ccc(-c4nn[nH]n4)cc3)cc2c1N. The first-order chi connectivity index (χ1) is 11.6. The number of H-pyrrole nitrogens is 1. The minimum absolute atomic E-state index is 0.208. The molecule has 0 aliphatic heterocycles. The van der Waals surface area contributed by atoms with E-state index in [0.717, 1.165) is 16.7 Å². The molecule has 3 aromatic heterocycles. The number of nitrogens with zero attached hydrogens (tertiary/aromatic N) is 5. The second-order valence-corrected chi connectivity index (χ2v) is 5.21. The van der Waals surface area contributed by atoms with Crippen LogP contribution < -0.4 is 11.5 Å². The van der Waals surface area contributed by atoms with E-state index in [2.05, 4.69) is 25.7 Å². The lowest BCUT2D eigenvalue weighted by Crippen LogP contribution is -2.15. The van der Waals surface area contributed by atoms with Crippen molar-refractivity contribution < 1.29 is 4.79 Å². The number of nitrogens with one attached hydrogen (secondary N) is 1. The van der Waals surface area contributed by atoms with Gasteiger partial charge in [0.05, 0.1) is 23.0 Å². The van der Waals surface area contributed by atoms with Gasteiger partial charge in [0.1, 0.15) is 0 Å². The van der Waals surface area contributed by atoms with E-state index in [1.165, 1.54) is 6.20 Å². The van der Waals surface area contributed by atoms with Crippen molar-refractivity contribution in [3.05, 3.63) is 48.3 Å². The number of benzene rings is 1. The van der Waals surface area contributed by atoms with Crippen LogP contribution in [0.15, 0.2) is 42.7 Å². The second-order valence-electron chi connectivity index (χ2n) is 5.21. The Balaban J connectivity index is 1.76. The van der Waals surface area contributed by atoms with Crippen LogP contribution in [0.3, 0.4) is 0 Å². The van der Waals surface area contributed by atoms with Gasteiger partial charge in [0.15, 0.2) is 0 Å². The maximum absolute atomic E-state index is 11.4. The Kier molecular flexibility index (Phi) is 2.98. The maximum atomic E-state index is 11.4. The van der Waals surface area contributed by atoms with E-state index in [9.17, 15) is 4.79 Å². The summed E-state index contributed by atoms with van der Waals surface area (Å²) in [6.07, 6.45) is 3.20. The van der Waals surface area contributed by atoms with Crippen molar-refractivity contribution >= 4 is 17.1 Å². The summed E-state index contributed by atoms with van der Waals surface area (Å²) in [6, 6.07) is 9.53. The first-order valence-electron chi connectivity index (χ1n) is 7.04. The summed E-state index contributed by atoms with van der Waals surface area (Å²) >= 11 is 0. The molecule has 0 saturated heterocycles. The molecule has 118 valence electrons. The summed E-state index contributed by atoms with van der Waals surface area (Å²) in [7, 11) is 0. The molecule has 0 fully saturated rings. The molecule has 4 aromatic rings. The second kappa shape index (κ2) is 5.16. The summed E-state index contributed by atoms with van der Waals surface area (Å²) < 4.78 is 1.62. The van der Waals surface area contributed by atoms with Gasteiger partial charge in [-0.25, -0.2) is 4.52 Å². The molecule has 1 aromatic carbocycles. The molecule has 0 atom stereocenters. The lowest BCUT2D eigenvalue weighted by atomic mass is 10.1. The van der Waals surface area contributed by atoms with Crippen LogP contribution in [-0.2, 0) is 0 Å². The number of nitrogen functional groups attached to an aromatic ring is 1. The summed E-state index contributed by atoms with van der Waals surface area (Å²) in [5.41, 5.74) is 15.2. The number of aromatic amines is 1. The number of aromatic nitrogens is 6. The van der Waals surface area contributed by atoms with Crippen LogP contribution in [0.2, 0.25) is 0 Å². The van der Waals surface area contributed by atoms with Gasteiger partial charge in [-0.15, -0.1) is 10.2 Å². The number of primary amides is 1. The minimum atomic E-state index is -0.602. The van der Waals surface area contributed by atoms with E-state index in [4.69, 9.17) is 11.5 Å². The third kappa shape index (κ3) is 2.15. The predicted octanol–water partition coefficient (Wildman–Crippen LogP) is 0.862. The first kappa shape index (κ1) is 13.9. The summed E-state index contributed by atoms with van der Waals surface area (Å²) in [5, 5.41) is 18.0. The molecular formula is C15H12N8O. The van der Waals surface area contributed by atoms with Crippen LogP contribution in [0.25, 0.3) is 28.0 Å². The van der Waals surface area contributed by atoms with E-state index in [0.29, 0.717) is 17.0 Å². The highest BCUT2D eigenvalue weighted by atomic mass is 16.1. The fraction of sp³-hybridized carbons (Fsp3) is 0. The molecule has 0 aliphatic carbocycles.